The highest BCUT2D eigenvalue weighted by atomic mass is 19.1. The van der Waals surface area contributed by atoms with Crippen molar-refractivity contribution in [2.75, 3.05) is 19.6 Å². The molecule has 0 bridgehead atoms. The van der Waals surface area contributed by atoms with E-state index in [4.69, 9.17) is 0 Å². The zero-order valence-corrected chi connectivity index (χ0v) is 12.6. The summed E-state index contributed by atoms with van der Waals surface area (Å²) in [6, 6.07) is 5.75. The van der Waals surface area contributed by atoms with E-state index in [2.05, 4.69) is 4.90 Å². The first-order valence-electron chi connectivity index (χ1n) is 7.75. The molecule has 2 rings (SSSR count). The fourth-order valence-electron chi connectivity index (χ4n) is 2.90. The van der Waals surface area contributed by atoms with E-state index in [-0.39, 0.29) is 17.7 Å². The number of likely N-dealkylation sites (tertiary alicyclic amines) is 1. The molecule has 1 fully saturated rings. The fraction of sp³-hybridized carbons (Fsp3) is 0.588. The van der Waals surface area contributed by atoms with Gasteiger partial charge in [-0.1, -0.05) is 0 Å². The van der Waals surface area contributed by atoms with Crippen molar-refractivity contribution in [1.29, 1.82) is 0 Å². The van der Waals surface area contributed by atoms with Gasteiger partial charge in [-0.2, -0.15) is 0 Å². The number of aliphatic hydroxyl groups excluding tert-OH is 1. The predicted octanol–water partition coefficient (Wildman–Crippen LogP) is 2.88. The Hall–Kier alpha value is -1.26. The van der Waals surface area contributed by atoms with Crippen LogP contribution in [0.25, 0.3) is 0 Å². The lowest BCUT2D eigenvalue weighted by Crippen LogP contribution is -2.37. The summed E-state index contributed by atoms with van der Waals surface area (Å²) >= 11 is 0. The number of piperidine rings is 1. The number of carbonyl (C=O) groups is 1. The molecule has 1 aromatic rings. The maximum Gasteiger partial charge on any atom is 0.162 e. The van der Waals surface area contributed by atoms with Gasteiger partial charge in [0.1, 0.15) is 5.82 Å². The number of aliphatic hydroxyl groups is 1. The molecular weight excluding hydrogens is 269 g/mol. The average Bonchev–Trinajstić information content (AvgIpc) is 2.48. The standard InChI is InChI=1S/C17H24FNO2/c1-13(20)14-8-11-19(12-9-14)10-2-3-17(21)15-4-6-16(18)7-5-15/h4-7,13-14,20H,2-3,8-12H2,1H3. The minimum absolute atomic E-state index is 0.0777. The topological polar surface area (TPSA) is 40.5 Å². The molecule has 4 heteroatoms. The van der Waals surface area contributed by atoms with Crippen LogP contribution in [0.2, 0.25) is 0 Å². The number of carbonyl (C=O) groups excluding carboxylic acids is 1. The molecule has 116 valence electrons. The molecule has 1 aliphatic heterocycles. The molecule has 21 heavy (non-hydrogen) atoms. The van der Waals surface area contributed by atoms with Crippen molar-refractivity contribution in [3.8, 4) is 0 Å². The highest BCUT2D eigenvalue weighted by Gasteiger charge is 2.22. The highest BCUT2D eigenvalue weighted by Crippen LogP contribution is 2.20. The van der Waals surface area contributed by atoms with Crippen LogP contribution in [0, 0.1) is 11.7 Å². The predicted molar refractivity (Wildman–Crippen MR) is 80.8 cm³/mol. The summed E-state index contributed by atoms with van der Waals surface area (Å²) in [5.41, 5.74) is 0.587. The molecule has 1 aliphatic rings. The second-order valence-corrected chi connectivity index (χ2v) is 5.95. The molecule has 1 aromatic carbocycles. The van der Waals surface area contributed by atoms with Gasteiger partial charge in [0, 0.05) is 12.0 Å². The number of hydrogen-bond acceptors (Lipinski definition) is 3. The van der Waals surface area contributed by atoms with Gasteiger partial charge in [0.05, 0.1) is 6.10 Å². The monoisotopic (exact) mass is 293 g/mol. The minimum Gasteiger partial charge on any atom is -0.393 e. The Bertz CT molecular complexity index is 450. The van der Waals surface area contributed by atoms with Crippen LogP contribution in [0.1, 0.15) is 43.0 Å². The van der Waals surface area contributed by atoms with Gasteiger partial charge in [-0.15, -0.1) is 0 Å². The Morgan fingerprint density at radius 3 is 2.52 bits per heavy atom. The van der Waals surface area contributed by atoms with E-state index in [1.807, 2.05) is 6.92 Å². The van der Waals surface area contributed by atoms with Gasteiger partial charge in [0.25, 0.3) is 0 Å². The van der Waals surface area contributed by atoms with E-state index < -0.39 is 0 Å². The summed E-state index contributed by atoms with van der Waals surface area (Å²) in [7, 11) is 0. The summed E-state index contributed by atoms with van der Waals surface area (Å²) in [6.45, 7) is 4.78. The number of halogens is 1. The Morgan fingerprint density at radius 2 is 1.95 bits per heavy atom. The molecule has 1 unspecified atom stereocenters. The zero-order valence-electron chi connectivity index (χ0n) is 12.6. The number of hydrogen-bond donors (Lipinski definition) is 1. The first-order chi connectivity index (χ1) is 10.1. The van der Waals surface area contributed by atoms with Gasteiger partial charge < -0.3 is 10.0 Å². The lowest BCUT2D eigenvalue weighted by Gasteiger charge is -2.33. The normalized spacial score (nSPS) is 18.6. The second kappa shape index (κ2) is 7.66. The van der Waals surface area contributed by atoms with Crippen LogP contribution in [0.5, 0.6) is 0 Å². The molecule has 0 spiro atoms. The Kier molecular flexibility index (Phi) is 5.88. The molecule has 1 atom stereocenters. The van der Waals surface area contributed by atoms with E-state index in [9.17, 15) is 14.3 Å². The van der Waals surface area contributed by atoms with E-state index in [1.165, 1.54) is 12.1 Å². The Morgan fingerprint density at radius 1 is 1.33 bits per heavy atom. The molecule has 0 amide bonds. The quantitative estimate of drug-likeness (QED) is 0.820. The first-order valence-corrected chi connectivity index (χ1v) is 7.75. The largest absolute Gasteiger partial charge is 0.393 e. The number of benzene rings is 1. The minimum atomic E-state index is -0.312. The third kappa shape index (κ3) is 4.90. The molecule has 1 heterocycles. The SMILES string of the molecule is CC(O)C1CCN(CCCC(=O)c2ccc(F)cc2)CC1. The first kappa shape index (κ1) is 16.1. The van der Waals surface area contributed by atoms with Crippen molar-refractivity contribution < 1.29 is 14.3 Å². The fourth-order valence-corrected chi connectivity index (χ4v) is 2.90. The maximum absolute atomic E-state index is 12.8. The van der Waals surface area contributed by atoms with Gasteiger partial charge >= 0.3 is 0 Å². The summed E-state index contributed by atoms with van der Waals surface area (Å²) in [5.74, 6) is 0.184. The summed E-state index contributed by atoms with van der Waals surface area (Å²) in [6.07, 6.45) is 3.18. The highest BCUT2D eigenvalue weighted by molar-refractivity contribution is 5.95. The number of ketones is 1. The van der Waals surface area contributed by atoms with Crippen LogP contribution in [0.4, 0.5) is 4.39 Å². The third-order valence-electron chi connectivity index (χ3n) is 4.36. The Labute approximate surface area is 125 Å². The van der Waals surface area contributed by atoms with E-state index in [1.54, 1.807) is 12.1 Å². The molecule has 0 aromatic heterocycles. The van der Waals surface area contributed by atoms with Gasteiger partial charge in [-0.05, 0) is 76.0 Å². The molecular formula is C17H24FNO2. The maximum atomic E-state index is 12.8. The van der Waals surface area contributed by atoms with Crippen molar-refractivity contribution in [3.63, 3.8) is 0 Å². The van der Waals surface area contributed by atoms with Gasteiger partial charge in [0.15, 0.2) is 5.78 Å². The molecule has 0 aliphatic carbocycles. The van der Waals surface area contributed by atoms with Crippen molar-refractivity contribution in [3.05, 3.63) is 35.6 Å². The molecule has 1 N–H and O–H groups in total. The molecule has 3 nitrogen and oxygen atoms in total. The Balaban J connectivity index is 1.68. The number of Topliss-reactive ketones (excluding diaryl/α,β-unsaturated/α-hetero) is 1. The van der Waals surface area contributed by atoms with Crippen molar-refractivity contribution in [2.45, 2.75) is 38.7 Å². The van der Waals surface area contributed by atoms with Crippen LogP contribution < -0.4 is 0 Å². The van der Waals surface area contributed by atoms with E-state index in [0.29, 0.717) is 17.9 Å². The summed E-state index contributed by atoms with van der Waals surface area (Å²) in [4.78, 5) is 14.3. The van der Waals surface area contributed by atoms with E-state index >= 15 is 0 Å². The van der Waals surface area contributed by atoms with Gasteiger partial charge in [0.2, 0.25) is 0 Å². The second-order valence-electron chi connectivity index (χ2n) is 5.95. The lowest BCUT2D eigenvalue weighted by molar-refractivity contribution is 0.0709. The third-order valence-corrected chi connectivity index (χ3v) is 4.36. The molecule has 0 saturated carbocycles. The summed E-state index contributed by atoms with van der Waals surface area (Å²) < 4.78 is 12.8. The smallest absolute Gasteiger partial charge is 0.162 e. The lowest BCUT2D eigenvalue weighted by atomic mass is 9.92. The van der Waals surface area contributed by atoms with Crippen LogP contribution in [0.3, 0.4) is 0 Å². The molecule has 0 radical (unpaired) electrons. The molecule has 1 saturated heterocycles. The van der Waals surface area contributed by atoms with Crippen LogP contribution in [0.15, 0.2) is 24.3 Å². The van der Waals surface area contributed by atoms with Crippen molar-refractivity contribution in [1.82, 2.24) is 4.90 Å². The van der Waals surface area contributed by atoms with Crippen molar-refractivity contribution in [2.24, 2.45) is 5.92 Å². The van der Waals surface area contributed by atoms with Crippen LogP contribution in [-0.4, -0.2) is 41.5 Å². The number of nitrogens with zero attached hydrogens (tertiary/aromatic N) is 1. The van der Waals surface area contributed by atoms with Gasteiger partial charge in [-0.25, -0.2) is 4.39 Å². The van der Waals surface area contributed by atoms with Crippen LogP contribution >= 0.6 is 0 Å². The summed E-state index contributed by atoms with van der Waals surface area (Å²) in [5, 5.41) is 9.57. The average molecular weight is 293 g/mol. The van der Waals surface area contributed by atoms with E-state index in [0.717, 1.165) is 38.9 Å². The zero-order chi connectivity index (χ0) is 15.2. The van der Waals surface area contributed by atoms with Crippen molar-refractivity contribution >= 4 is 5.78 Å². The van der Waals surface area contributed by atoms with Crippen LogP contribution in [-0.2, 0) is 0 Å². The number of rotatable bonds is 6. The van der Waals surface area contributed by atoms with Gasteiger partial charge in [-0.3, -0.25) is 4.79 Å².